The normalized spacial score (nSPS) is 16.5. The number of ketones is 2. The molecular formula is C21H20O11. The van der Waals surface area contributed by atoms with Crippen molar-refractivity contribution in [3.63, 3.8) is 0 Å². The predicted octanol–water partition coefficient (Wildman–Crippen LogP) is -0.865. The van der Waals surface area contributed by atoms with Gasteiger partial charge in [-0.2, -0.15) is 4.89 Å². The number of carbonyl (C=O) groups excluding carboxylic acids is 3. The van der Waals surface area contributed by atoms with Gasteiger partial charge in [-0.25, -0.2) is 0 Å². The number of fused-ring (bicyclic) bond motifs is 2. The number of aliphatic hydroxyl groups is 4. The molecule has 170 valence electrons. The summed E-state index contributed by atoms with van der Waals surface area (Å²) < 4.78 is 0. The summed E-state index contributed by atoms with van der Waals surface area (Å²) in [6.07, 6.45) is -7.78. The molecule has 4 atom stereocenters. The number of carbonyl (C=O) groups is 3. The fourth-order valence-electron chi connectivity index (χ4n) is 3.31. The lowest BCUT2D eigenvalue weighted by Gasteiger charge is -2.24. The Morgan fingerprint density at radius 1 is 0.906 bits per heavy atom. The van der Waals surface area contributed by atoms with Gasteiger partial charge in [0.05, 0.1) is 11.1 Å². The van der Waals surface area contributed by atoms with Crippen LogP contribution in [0.15, 0.2) is 24.3 Å². The summed E-state index contributed by atoms with van der Waals surface area (Å²) in [5.41, 5.74) is -0.244. The number of phenols is 2. The van der Waals surface area contributed by atoms with E-state index in [4.69, 9.17) is 9.78 Å². The van der Waals surface area contributed by atoms with E-state index in [1.165, 1.54) is 12.1 Å². The van der Waals surface area contributed by atoms with Crippen molar-refractivity contribution >= 4 is 17.9 Å². The van der Waals surface area contributed by atoms with Gasteiger partial charge in [0.2, 0.25) is 5.78 Å². The lowest BCUT2D eigenvalue weighted by atomic mass is 9.82. The zero-order chi connectivity index (χ0) is 23.7. The van der Waals surface area contributed by atoms with E-state index in [-0.39, 0.29) is 28.5 Å². The molecule has 32 heavy (non-hydrogen) atoms. The lowest BCUT2D eigenvalue weighted by Crippen LogP contribution is -2.46. The number of aryl methyl sites for hydroxylation is 1. The zero-order valence-corrected chi connectivity index (χ0v) is 16.6. The molecule has 6 N–H and O–H groups in total. The van der Waals surface area contributed by atoms with Crippen molar-refractivity contribution in [3.8, 4) is 17.2 Å². The minimum Gasteiger partial charge on any atom is -0.508 e. The summed E-state index contributed by atoms with van der Waals surface area (Å²) in [5, 5.41) is 58.5. The van der Waals surface area contributed by atoms with Gasteiger partial charge < -0.3 is 40.3 Å². The largest absolute Gasteiger partial charge is 0.508 e. The maximum Gasteiger partial charge on any atom is 0.202 e. The first-order chi connectivity index (χ1) is 15.1. The molecule has 1 aliphatic carbocycles. The summed E-state index contributed by atoms with van der Waals surface area (Å²) in [4.78, 5) is 46.1. The first kappa shape index (κ1) is 23.3. The molecule has 0 amide bonds. The van der Waals surface area contributed by atoms with Gasteiger partial charge in [0.25, 0.3) is 0 Å². The Balaban J connectivity index is 1.85. The van der Waals surface area contributed by atoms with E-state index in [1.54, 1.807) is 6.92 Å². The van der Waals surface area contributed by atoms with E-state index in [0.717, 1.165) is 12.1 Å². The SMILES string of the molecule is Cc1cc(O)c2c(c1)C(=O)c1cc(O)cc(OOCC(O)C(O)C(O)C(O)C=O)c1C2=O. The van der Waals surface area contributed by atoms with Crippen LogP contribution in [0.2, 0.25) is 0 Å². The summed E-state index contributed by atoms with van der Waals surface area (Å²) in [7, 11) is 0. The minimum atomic E-state index is -2.00. The van der Waals surface area contributed by atoms with Crippen LogP contribution < -0.4 is 4.89 Å². The van der Waals surface area contributed by atoms with Gasteiger partial charge in [0, 0.05) is 17.2 Å². The summed E-state index contributed by atoms with van der Waals surface area (Å²) >= 11 is 0. The smallest absolute Gasteiger partial charge is 0.202 e. The highest BCUT2D eigenvalue weighted by molar-refractivity contribution is 6.30. The highest BCUT2D eigenvalue weighted by atomic mass is 17.2. The van der Waals surface area contributed by atoms with Crippen LogP contribution in [0.5, 0.6) is 17.2 Å². The number of aromatic hydroxyl groups is 2. The average molecular weight is 448 g/mol. The van der Waals surface area contributed by atoms with Crippen LogP contribution in [-0.2, 0) is 9.68 Å². The Bertz CT molecular complexity index is 1080. The molecule has 0 bridgehead atoms. The van der Waals surface area contributed by atoms with Crippen molar-refractivity contribution in [2.75, 3.05) is 6.61 Å². The van der Waals surface area contributed by atoms with E-state index >= 15 is 0 Å². The monoisotopic (exact) mass is 448 g/mol. The Morgan fingerprint density at radius 2 is 1.56 bits per heavy atom. The predicted molar refractivity (Wildman–Crippen MR) is 104 cm³/mol. The highest BCUT2D eigenvalue weighted by Gasteiger charge is 2.36. The number of rotatable bonds is 8. The second-order valence-corrected chi connectivity index (χ2v) is 7.27. The number of hydrogen-bond donors (Lipinski definition) is 6. The fourth-order valence-corrected chi connectivity index (χ4v) is 3.31. The van der Waals surface area contributed by atoms with Gasteiger partial charge in [0.15, 0.2) is 17.8 Å². The zero-order valence-electron chi connectivity index (χ0n) is 16.6. The molecule has 3 rings (SSSR count). The third-order valence-electron chi connectivity index (χ3n) is 4.91. The van der Waals surface area contributed by atoms with Crippen molar-refractivity contribution in [1.82, 2.24) is 0 Å². The van der Waals surface area contributed by atoms with Crippen LogP contribution >= 0.6 is 0 Å². The number of phenolic OH excluding ortho intramolecular Hbond substituents is 2. The van der Waals surface area contributed by atoms with Crippen LogP contribution in [0, 0.1) is 6.92 Å². The standard InChI is InChI=1S/C21H20O11/c1-8-2-10-16(12(24)3-8)21(30)17-11(18(10)27)4-9(23)5-15(17)32-31-7-14(26)20(29)19(28)13(25)6-22/h2-6,13-14,19-20,23-26,28-29H,7H2,1H3. The Labute approximate surface area is 180 Å². The Hall–Kier alpha value is -3.35. The van der Waals surface area contributed by atoms with Crippen LogP contribution in [0.3, 0.4) is 0 Å². The fraction of sp³-hybridized carbons (Fsp3) is 0.286. The van der Waals surface area contributed by atoms with Crippen molar-refractivity contribution in [2.24, 2.45) is 0 Å². The molecule has 0 radical (unpaired) electrons. The second-order valence-electron chi connectivity index (χ2n) is 7.27. The van der Waals surface area contributed by atoms with Crippen molar-refractivity contribution in [1.29, 1.82) is 0 Å². The summed E-state index contributed by atoms with van der Waals surface area (Å²) in [6, 6.07) is 4.76. The van der Waals surface area contributed by atoms with E-state index in [0.29, 0.717) is 5.56 Å². The van der Waals surface area contributed by atoms with Gasteiger partial charge in [-0.3, -0.25) is 9.59 Å². The third-order valence-corrected chi connectivity index (χ3v) is 4.91. The molecule has 2 aromatic rings. The van der Waals surface area contributed by atoms with Gasteiger partial charge >= 0.3 is 0 Å². The number of aldehydes is 1. The molecule has 11 heteroatoms. The molecule has 0 saturated carbocycles. The molecule has 4 unspecified atom stereocenters. The molecule has 2 aromatic carbocycles. The molecule has 11 nitrogen and oxygen atoms in total. The highest BCUT2D eigenvalue weighted by Crippen LogP contribution is 2.39. The lowest BCUT2D eigenvalue weighted by molar-refractivity contribution is -0.237. The maximum absolute atomic E-state index is 13.0. The van der Waals surface area contributed by atoms with Gasteiger partial charge in [0.1, 0.15) is 42.5 Å². The summed E-state index contributed by atoms with van der Waals surface area (Å²) in [6.45, 7) is 0.834. The molecule has 0 saturated heterocycles. The van der Waals surface area contributed by atoms with E-state index < -0.39 is 59.8 Å². The molecule has 1 aliphatic rings. The van der Waals surface area contributed by atoms with Gasteiger partial charge in [-0.05, 0) is 30.7 Å². The number of aliphatic hydroxyl groups excluding tert-OH is 4. The van der Waals surface area contributed by atoms with E-state index in [1.807, 2.05) is 0 Å². The second kappa shape index (κ2) is 9.02. The van der Waals surface area contributed by atoms with Crippen LogP contribution in [0.1, 0.15) is 37.4 Å². The third kappa shape index (κ3) is 4.20. The van der Waals surface area contributed by atoms with E-state index in [9.17, 15) is 45.0 Å². The molecule has 0 fully saturated rings. The molecule has 0 aromatic heterocycles. The van der Waals surface area contributed by atoms with Crippen molar-refractivity contribution in [3.05, 3.63) is 52.1 Å². The number of hydrogen-bond acceptors (Lipinski definition) is 11. The topological polar surface area (TPSA) is 191 Å². The summed E-state index contributed by atoms with van der Waals surface area (Å²) in [5.74, 6) is -2.66. The van der Waals surface area contributed by atoms with Crippen molar-refractivity contribution in [2.45, 2.75) is 31.3 Å². The first-order valence-electron chi connectivity index (χ1n) is 9.33. The molecule has 0 spiro atoms. The Morgan fingerprint density at radius 3 is 2.22 bits per heavy atom. The number of benzene rings is 2. The van der Waals surface area contributed by atoms with Crippen LogP contribution in [-0.4, -0.2) is 79.5 Å². The average Bonchev–Trinajstić information content (AvgIpc) is 2.74. The maximum atomic E-state index is 13.0. The molecular weight excluding hydrogens is 428 g/mol. The van der Waals surface area contributed by atoms with Crippen LogP contribution in [0.4, 0.5) is 0 Å². The Kier molecular flexibility index (Phi) is 6.57. The van der Waals surface area contributed by atoms with Gasteiger partial charge in [-0.15, -0.1) is 0 Å². The molecule has 0 heterocycles. The van der Waals surface area contributed by atoms with Crippen molar-refractivity contribution < 1.29 is 54.8 Å². The van der Waals surface area contributed by atoms with E-state index in [2.05, 4.69) is 0 Å². The van der Waals surface area contributed by atoms with Gasteiger partial charge in [-0.1, -0.05) is 0 Å². The van der Waals surface area contributed by atoms with Crippen LogP contribution in [0.25, 0.3) is 0 Å². The minimum absolute atomic E-state index is 0.0334. The quantitative estimate of drug-likeness (QED) is 0.143. The molecule has 0 aliphatic heterocycles. The first-order valence-corrected chi connectivity index (χ1v) is 9.33.